The normalized spacial score (nSPS) is 15.6. The van der Waals surface area contributed by atoms with Crippen molar-refractivity contribution in [2.24, 2.45) is 22.8 Å². The molecule has 2 N–H and O–H groups in total. The highest BCUT2D eigenvalue weighted by molar-refractivity contribution is 6.30. The van der Waals surface area contributed by atoms with E-state index in [1.54, 1.807) is 35.3 Å². The average Bonchev–Trinajstić information content (AvgIpc) is 3.15. The van der Waals surface area contributed by atoms with Gasteiger partial charge in [0.25, 0.3) is 0 Å². The Labute approximate surface area is 179 Å². The molecular weight excluding hydrogens is 403 g/mol. The molecule has 0 amide bonds. The first-order chi connectivity index (χ1) is 14.4. The fourth-order valence-corrected chi connectivity index (χ4v) is 3.33. The molecule has 0 fully saturated rings. The second-order valence-corrected chi connectivity index (χ2v) is 6.97. The van der Waals surface area contributed by atoms with Crippen molar-refractivity contribution in [2.45, 2.75) is 6.04 Å². The molecule has 2 aromatic rings. The van der Waals surface area contributed by atoms with Gasteiger partial charge in [0.2, 0.25) is 0 Å². The van der Waals surface area contributed by atoms with Crippen molar-refractivity contribution < 1.29 is 4.39 Å². The van der Waals surface area contributed by atoms with E-state index in [2.05, 4.69) is 28.4 Å². The zero-order valence-corrected chi connectivity index (χ0v) is 17.3. The molecule has 8 heteroatoms. The van der Waals surface area contributed by atoms with Crippen LogP contribution in [0.2, 0.25) is 5.02 Å². The Kier molecular flexibility index (Phi) is 6.76. The van der Waals surface area contributed by atoms with Crippen molar-refractivity contribution in [3.8, 4) is 0 Å². The molecule has 1 aliphatic heterocycles. The standard InChI is InChI=1S/C22H22ClFN6/c1-15-10-16(21(27-14-25)6-8-26-2)7-9-30(15)22(18-12-28-29(3)13-18)17-4-5-19(23)20(24)11-17/h4-13,22H,1-2,14,25H2,3H3/b8-6-,27-21?. The van der Waals surface area contributed by atoms with Gasteiger partial charge in [0, 0.05) is 42.5 Å². The Morgan fingerprint density at radius 3 is 2.80 bits per heavy atom. The van der Waals surface area contributed by atoms with E-state index in [-0.39, 0.29) is 17.7 Å². The summed E-state index contributed by atoms with van der Waals surface area (Å²) in [7, 11) is 1.83. The first kappa shape index (κ1) is 21.4. The van der Waals surface area contributed by atoms with Gasteiger partial charge < -0.3 is 10.6 Å². The van der Waals surface area contributed by atoms with E-state index in [4.69, 9.17) is 17.3 Å². The molecule has 6 nitrogen and oxygen atoms in total. The summed E-state index contributed by atoms with van der Waals surface area (Å²) >= 11 is 5.89. The first-order valence-electron chi connectivity index (χ1n) is 9.12. The van der Waals surface area contributed by atoms with Crippen LogP contribution in [0.4, 0.5) is 4.39 Å². The van der Waals surface area contributed by atoms with Crippen LogP contribution in [0.15, 0.2) is 89.1 Å². The topological polar surface area (TPSA) is 71.8 Å². The van der Waals surface area contributed by atoms with E-state index in [0.717, 1.165) is 16.7 Å². The maximum atomic E-state index is 14.2. The largest absolute Gasteiger partial charge is 0.337 e. The number of hydrogen-bond acceptors (Lipinski definition) is 5. The minimum absolute atomic E-state index is 0.0733. The summed E-state index contributed by atoms with van der Waals surface area (Å²) in [6.07, 6.45) is 12.6. The summed E-state index contributed by atoms with van der Waals surface area (Å²) in [5, 5.41) is 4.34. The van der Waals surface area contributed by atoms with Crippen molar-refractivity contribution in [1.82, 2.24) is 14.7 Å². The lowest BCUT2D eigenvalue weighted by molar-refractivity contribution is 0.401. The van der Waals surface area contributed by atoms with Gasteiger partial charge in [-0.3, -0.25) is 14.7 Å². The predicted molar refractivity (Wildman–Crippen MR) is 120 cm³/mol. The first-order valence-corrected chi connectivity index (χ1v) is 9.50. The maximum Gasteiger partial charge on any atom is 0.142 e. The summed E-state index contributed by atoms with van der Waals surface area (Å²) in [6, 6.07) is 4.43. The van der Waals surface area contributed by atoms with Crippen LogP contribution in [0.5, 0.6) is 0 Å². The fourth-order valence-electron chi connectivity index (χ4n) is 3.21. The zero-order valence-electron chi connectivity index (χ0n) is 16.5. The molecule has 1 aromatic heterocycles. The van der Waals surface area contributed by atoms with E-state index in [0.29, 0.717) is 11.4 Å². The van der Waals surface area contributed by atoms with Crippen molar-refractivity contribution in [1.29, 1.82) is 0 Å². The molecule has 1 unspecified atom stereocenters. The molecule has 1 aromatic carbocycles. The zero-order chi connectivity index (χ0) is 21.7. The van der Waals surface area contributed by atoms with E-state index in [1.165, 1.54) is 6.07 Å². The van der Waals surface area contributed by atoms with Gasteiger partial charge in [-0.15, -0.1) is 0 Å². The molecule has 1 aliphatic rings. The Balaban J connectivity index is 2.01. The molecule has 0 bridgehead atoms. The molecule has 3 rings (SSSR count). The number of hydrogen-bond donors (Lipinski definition) is 1. The Bertz CT molecular complexity index is 1080. The van der Waals surface area contributed by atoms with Gasteiger partial charge in [0.15, 0.2) is 0 Å². The third-order valence-electron chi connectivity index (χ3n) is 4.54. The molecule has 0 saturated heterocycles. The van der Waals surface area contributed by atoms with Crippen LogP contribution in [-0.2, 0) is 7.05 Å². The second-order valence-electron chi connectivity index (χ2n) is 6.56. The van der Waals surface area contributed by atoms with Gasteiger partial charge in [-0.05, 0) is 42.6 Å². The number of benzene rings is 1. The molecule has 0 aliphatic carbocycles. The highest BCUT2D eigenvalue weighted by Gasteiger charge is 2.26. The highest BCUT2D eigenvalue weighted by atomic mass is 35.5. The highest BCUT2D eigenvalue weighted by Crippen LogP contribution is 2.35. The number of nitrogens with zero attached hydrogens (tertiary/aromatic N) is 5. The quantitative estimate of drug-likeness (QED) is 0.679. The monoisotopic (exact) mass is 424 g/mol. The SMILES string of the molecule is C=N/C=C\C(=NCN)C1=CC(=C)N(C(c2ccc(Cl)c(F)c2)c2cnn(C)c2)C=C1. The van der Waals surface area contributed by atoms with Gasteiger partial charge in [-0.25, -0.2) is 4.39 Å². The molecule has 0 radical (unpaired) electrons. The molecule has 30 heavy (non-hydrogen) atoms. The van der Waals surface area contributed by atoms with Crippen molar-refractivity contribution in [2.75, 3.05) is 6.67 Å². The smallest absolute Gasteiger partial charge is 0.142 e. The van der Waals surface area contributed by atoms with Crippen LogP contribution in [-0.4, -0.2) is 33.8 Å². The van der Waals surface area contributed by atoms with E-state index < -0.39 is 5.82 Å². The van der Waals surface area contributed by atoms with Gasteiger partial charge in [-0.2, -0.15) is 5.10 Å². The molecule has 0 spiro atoms. The molecule has 0 saturated carbocycles. The summed E-state index contributed by atoms with van der Waals surface area (Å²) in [5.41, 5.74) is 9.38. The second kappa shape index (κ2) is 9.47. The number of allylic oxidation sites excluding steroid dienone is 4. The predicted octanol–water partition coefficient (Wildman–Crippen LogP) is 4.14. The average molecular weight is 425 g/mol. The van der Waals surface area contributed by atoms with Gasteiger partial charge in [-0.1, -0.05) is 24.2 Å². The minimum Gasteiger partial charge on any atom is -0.337 e. The van der Waals surface area contributed by atoms with E-state index >= 15 is 0 Å². The third kappa shape index (κ3) is 4.64. The number of aliphatic imine (C=N–C) groups is 2. The van der Waals surface area contributed by atoms with Crippen LogP contribution in [0.1, 0.15) is 17.2 Å². The molecule has 1 atom stereocenters. The van der Waals surface area contributed by atoms with Crippen LogP contribution in [0.3, 0.4) is 0 Å². The van der Waals surface area contributed by atoms with Crippen LogP contribution in [0.25, 0.3) is 0 Å². The lowest BCUT2D eigenvalue weighted by Crippen LogP contribution is -2.25. The number of rotatable bonds is 7. The number of aryl methyl sites for hydroxylation is 1. The van der Waals surface area contributed by atoms with Crippen LogP contribution >= 0.6 is 11.6 Å². The van der Waals surface area contributed by atoms with Gasteiger partial charge in [0.05, 0.1) is 29.6 Å². The third-order valence-corrected chi connectivity index (χ3v) is 4.85. The molecular formula is C22H22ClFN6. The summed E-state index contributed by atoms with van der Waals surface area (Å²) < 4.78 is 15.9. The summed E-state index contributed by atoms with van der Waals surface area (Å²) in [5.74, 6) is -0.481. The van der Waals surface area contributed by atoms with Gasteiger partial charge >= 0.3 is 0 Å². The molecule has 154 valence electrons. The van der Waals surface area contributed by atoms with Crippen molar-refractivity contribution >= 4 is 24.0 Å². The lowest BCUT2D eigenvalue weighted by atomic mass is 9.97. The molecule has 2 heterocycles. The number of halogens is 2. The van der Waals surface area contributed by atoms with Crippen LogP contribution in [0, 0.1) is 5.82 Å². The van der Waals surface area contributed by atoms with E-state index in [9.17, 15) is 4.39 Å². The van der Waals surface area contributed by atoms with E-state index in [1.807, 2.05) is 36.5 Å². The minimum atomic E-state index is -0.481. The number of nitrogens with two attached hydrogens (primary N) is 1. The van der Waals surface area contributed by atoms with Crippen LogP contribution < -0.4 is 5.73 Å². The lowest BCUT2D eigenvalue weighted by Gasteiger charge is -2.33. The van der Waals surface area contributed by atoms with Crippen molar-refractivity contribution in [3.05, 3.63) is 101 Å². The number of aromatic nitrogens is 2. The Morgan fingerprint density at radius 1 is 1.40 bits per heavy atom. The van der Waals surface area contributed by atoms with Crippen molar-refractivity contribution in [3.63, 3.8) is 0 Å². The fraction of sp³-hybridized carbons (Fsp3) is 0.136. The summed E-state index contributed by atoms with van der Waals surface area (Å²) in [4.78, 5) is 9.96. The maximum absolute atomic E-state index is 14.2. The van der Waals surface area contributed by atoms with Gasteiger partial charge in [0.1, 0.15) is 5.82 Å². The summed E-state index contributed by atoms with van der Waals surface area (Å²) in [6.45, 7) is 7.77. The Morgan fingerprint density at radius 2 is 2.20 bits per heavy atom. The Hall–Kier alpha value is -3.29.